The van der Waals surface area contributed by atoms with E-state index < -0.39 is 21.8 Å². The highest BCUT2D eigenvalue weighted by atomic mass is 35.5. The number of nitrogens with zero attached hydrogens (tertiary/aromatic N) is 2. The Morgan fingerprint density at radius 2 is 2.00 bits per heavy atom. The molecule has 0 spiro atoms. The number of carboxylic acid groups (broad SMARTS) is 1. The molecule has 2 aromatic rings. The highest BCUT2D eigenvalue weighted by molar-refractivity contribution is 7.91. The molecule has 0 radical (unpaired) electrons. The number of carbonyl (C=O) groups is 1. The maximum absolute atomic E-state index is 12.1. The molecule has 27 heavy (non-hydrogen) atoms. The van der Waals surface area contributed by atoms with E-state index in [1.807, 2.05) is 11.0 Å². The summed E-state index contributed by atoms with van der Waals surface area (Å²) in [6.45, 7) is 2.52. The third kappa shape index (κ3) is 3.71. The second-order valence-electron chi connectivity index (χ2n) is 7.30. The van der Waals surface area contributed by atoms with Crippen molar-refractivity contribution < 1.29 is 18.3 Å². The van der Waals surface area contributed by atoms with Crippen molar-refractivity contribution in [3.05, 3.63) is 35.0 Å². The number of fused-ring (bicyclic) bond motifs is 1. The summed E-state index contributed by atoms with van der Waals surface area (Å²) in [5.74, 6) is -0.421. The number of nitrogens with one attached hydrogen (secondary N) is 1. The van der Waals surface area contributed by atoms with Crippen LogP contribution in [0.1, 0.15) is 18.0 Å². The van der Waals surface area contributed by atoms with Gasteiger partial charge in [-0.05, 0) is 24.6 Å². The largest absolute Gasteiger partial charge is 0.480 e. The Kier molecular flexibility index (Phi) is 4.92. The van der Waals surface area contributed by atoms with Gasteiger partial charge in [-0.2, -0.15) is 0 Å². The van der Waals surface area contributed by atoms with E-state index in [0.717, 1.165) is 10.9 Å². The van der Waals surface area contributed by atoms with Crippen molar-refractivity contribution >= 4 is 38.3 Å². The first-order chi connectivity index (χ1) is 12.8. The Labute approximate surface area is 162 Å². The smallest absolute Gasteiger partial charge is 0.325 e. The van der Waals surface area contributed by atoms with Crippen LogP contribution in [0.15, 0.2) is 24.4 Å². The van der Waals surface area contributed by atoms with Crippen LogP contribution < -0.4 is 0 Å². The normalized spacial score (nSPS) is 25.0. The number of carboxylic acids is 1. The van der Waals surface area contributed by atoms with E-state index in [1.165, 1.54) is 0 Å². The van der Waals surface area contributed by atoms with E-state index >= 15 is 0 Å². The van der Waals surface area contributed by atoms with Gasteiger partial charge < -0.3 is 10.1 Å². The van der Waals surface area contributed by atoms with Crippen molar-refractivity contribution in [2.75, 3.05) is 37.7 Å². The topological polar surface area (TPSA) is 93.7 Å². The van der Waals surface area contributed by atoms with Crippen LogP contribution in [0.2, 0.25) is 5.02 Å². The Bertz CT molecular complexity index is 966. The number of sulfone groups is 1. The predicted octanol–water partition coefficient (Wildman–Crippen LogP) is 1.75. The van der Waals surface area contributed by atoms with Crippen LogP contribution in [0.5, 0.6) is 0 Å². The number of H-pyrrole nitrogens is 1. The average molecular weight is 412 g/mol. The molecule has 9 heteroatoms. The van der Waals surface area contributed by atoms with Crippen LogP contribution in [0.25, 0.3) is 10.9 Å². The van der Waals surface area contributed by atoms with E-state index in [0.29, 0.717) is 43.2 Å². The first-order valence-corrected chi connectivity index (χ1v) is 11.2. The van der Waals surface area contributed by atoms with Gasteiger partial charge in [0.2, 0.25) is 0 Å². The lowest BCUT2D eigenvalue weighted by atomic mass is 10.0. The molecule has 0 amide bonds. The molecule has 2 aliphatic rings. The van der Waals surface area contributed by atoms with Gasteiger partial charge in [-0.3, -0.25) is 14.6 Å². The summed E-state index contributed by atoms with van der Waals surface area (Å²) >= 11 is 6.10. The number of aromatic nitrogens is 1. The first-order valence-electron chi connectivity index (χ1n) is 9.02. The fraction of sp³-hybridized carbons (Fsp3) is 0.500. The SMILES string of the molecule is O=C(O)[C@H](c1c[nH]c2ccc(Cl)cc12)N1CCN([C@@H]2CCS(=O)(=O)C2)CC1. The van der Waals surface area contributed by atoms with Crippen LogP contribution in [0.3, 0.4) is 0 Å². The first kappa shape index (κ1) is 18.7. The zero-order chi connectivity index (χ0) is 19.2. The number of piperazine rings is 1. The molecule has 0 unspecified atom stereocenters. The minimum absolute atomic E-state index is 0.0623. The third-order valence-electron chi connectivity index (χ3n) is 5.64. The number of aliphatic carboxylic acids is 1. The number of rotatable bonds is 4. The standard InChI is InChI=1S/C18H22ClN3O4S/c19-12-1-2-16-14(9-12)15(10-20-16)17(18(23)24)22-6-4-21(5-7-22)13-3-8-27(25,26)11-13/h1-2,9-10,13,17,20H,3-8,11H2,(H,23,24)/t13-,17+/m1/s1. The van der Waals surface area contributed by atoms with Crippen molar-refractivity contribution in [2.45, 2.75) is 18.5 Å². The molecule has 0 saturated carbocycles. The zero-order valence-electron chi connectivity index (χ0n) is 14.8. The maximum Gasteiger partial charge on any atom is 0.325 e. The summed E-state index contributed by atoms with van der Waals surface area (Å²) in [6.07, 6.45) is 2.42. The molecular formula is C18H22ClN3O4S. The van der Waals surface area contributed by atoms with Crippen molar-refractivity contribution in [3.8, 4) is 0 Å². The molecule has 7 nitrogen and oxygen atoms in total. The number of hydrogen-bond donors (Lipinski definition) is 2. The lowest BCUT2D eigenvalue weighted by molar-refractivity contribution is -0.144. The summed E-state index contributed by atoms with van der Waals surface area (Å²) in [6, 6.07) is 4.71. The minimum atomic E-state index is -2.92. The van der Waals surface area contributed by atoms with Crippen LogP contribution >= 0.6 is 11.6 Å². The predicted molar refractivity (Wildman–Crippen MR) is 104 cm³/mol. The Hall–Kier alpha value is -1.61. The second-order valence-corrected chi connectivity index (χ2v) is 9.97. The zero-order valence-corrected chi connectivity index (χ0v) is 16.3. The summed E-state index contributed by atoms with van der Waals surface area (Å²) in [5, 5.41) is 11.3. The highest BCUT2D eigenvalue weighted by Crippen LogP contribution is 2.31. The van der Waals surface area contributed by atoms with Crippen LogP contribution in [0.4, 0.5) is 0 Å². The molecular weight excluding hydrogens is 390 g/mol. The molecule has 146 valence electrons. The van der Waals surface area contributed by atoms with Crippen molar-refractivity contribution in [2.24, 2.45) is 0 Å². The van der Waals surface area contributed by atoms with E-state index in [1.54, 1.807) is 18.3 Å². The molecule has 2 atom stereocenters. The van der Waals surface area contributed by atoms with Gasteiger partial charge >= 0.3 is 5.97 Å². The van der Waals surface area contributed by atoms with Crippen LogP contribution in [-0.2, 0) is 14.6 Å². The van der Waals surface area contributed by atoms with E-state index in [2.05, 4.69) is 9.88 Å². The number of aromatic amines is 1. The number of hydrogen-bond acceptors (Lipinski definition) is 5. The summed E-state index contributed by atoms with van der Waals surface area (Å²) in [5.41, 5.74) is 1.56. The van der Waals surface area contributed by atoms with Gasteiger partial charge in [0.1, 0.15) is 6.04 Å². The minimum Gasteiger partial charge on any atom is -0.480 e. The maximum atomic E-state index is 12.1. The van der Waals surface area contributed by atoms with E-state index in [-0.39, 0.29) is 17.5 Å². The molecule has 1 aromatic carbocycles. The average Bonchev–Trinajstić information content (AvgIpc) is 3.19. The van der Waals surface area contributed by atoms with Gasteiger partial charge in [0.05, 0.1) is 11.5 Å². The lowest BCUT2D eigenvalue weighted by Crippen LogP contribution is -2.52. The Balaban J connectivity index is 1.52. The van der Waals surface area contributed by atoms with Gasteiger partial charge in [-0.25, -0.2) is 8.42 Å². The second kappa shape index (κ2) is 7.09. The molecule has 3 heterocycles. The lowest BCUT2D eigenvalue weighted by Gasteiger charge is -2.39. The quantitative estimate of drug-likeness (QED) is 0.796. The number of benzene rings is 1. The monoisotopic (exact) mass is 411 g/mol. The van der Waals surface area contributed by atoms with E-state index in [9.17, 15) is 18.3 Å². The van der Waals surface area contributed by atoms with Gasteiger partial charge in [0.15, 0.2) is 9.84 Å². The highest BCUT2D eigenvalue weighted by Gasteiger charge is 2.37. The molecule has 1 aromatic heterocycles. The van der Waals surface area contributed by atoms with Gasteiger partial charge in [0, 0.05) is 59.9 Å². The van der Waals surface area contributed by atoms with Crippen molar-refractivity contribution in [1.82, 2.24) is 14.8 Å². The Morgan fingerprint density at radius 3 is 2.63 bits per heavy atom. The molecule has 2 fully saturated rings. The van der Waals surface area contributed by atoms with Crippen LogP contribution in [0, 0.1) is 0 Å². The Morgan fingerprint density at radius 1 is 1.26 bits per heavy atom. The summed E-state index contributed by atoms with van der Waals surface area (Å²) < 4.78 is 23.4. The molecule has 2 saturated heterocycles. The molecule has 0 aliphatic carbocycles. The van der Waals surface area contributed by atoms with Gasteiger partial charge in [-0.1, -0.05) is 11.6 Å². The molecule has 2 N–H and O–H groups in total. The van der Waals surface area contributed by atoms with Crippen molar-refractivity contribution in [1.29, 1.82) is 0 Å². The fourth-order valence-corrected chi connectivity index (χ4v) is 6.18. The van der Waals surface area contributed by atoms with Crippen molar-refractivity contribution in [3.63, 3.8) is 0 Å². The van der Waals surface area contributed by atoms with E-state index in [4.69, 9.17) is 11.6 Å². The summed E-state index contributed by atoms with van der Waals surface area (Å²) in [7, 11) is -2.92. The summed E-state index contributed by atoms with van der Waals surface area (Å²) in [4.78, 5) is 19.3. The third-order valence-corrected chi connectivity index (χ3v) is 7.63. The van der Waals surface area contributed by atoms with Gasteiger partial charge in [0.25, 0.3) is 0 Å². The van der Waals surface area contributed by atoms with Crippen LogP contribution in [-0.4, -0.2) is 78.0 Å². The van der Waals surface area contributed by atoms with Gasteiger partial charge in [-0.15, -0.1) is 0 Å². The fourth-order valence-electron chi connectivity index (χ4n) is 4.25. The molecule has 2 aliphatic heterocycles. The molecule has 4 rings (SSSR count). The number of halogens is 1. The molecule has 0 bridgehead atoms.